The van der Waals surface area contributed by atoms with Crippen molar-refractivity contribution >= 4 is 5.91 Å². The summed E-state index contributed by atoms with van der Waals surface area (Å²) in [5.41, 5.74) is 0.457. The van der Waals surface area contributed by atoms with E-state index in [9.17, 15) is 14.3 Å². The van der Waals surface area contributed by atoms with Crippen LogP contribution in [0.4, 0.5) is 4.39 Å². The van der Waals surface area contributed by atoms with Crippen molar-refractivity contribution in [2.24, 2.45) is 0 Å². The SMILES string of the molecule is CC(Oc1cc(F)ccc1C(C)O)C(=O)N1CCOCC1. The fraction of sp³-hybridized carbons (Fsp3) is 0.533. The molecule has 0 spiro atoms. The van der Waals surface area contributed by atoms with Crippen LogP contribution in [0.5, 0.6) is 5.75 Å². The molecule has 0 saturated carbocycles. The zero-order valence-corrected chi connectivity index (χ0v) is 12.2. The maximum atomic E-state index is 13.3. The molecule has 1 heterocycles. The van der Waals surface area contributed by atoms with Gasteiger partial charge in [-0.2, -0.15) is 0 Å². The van der Waals surface area contributed by atoms with Gasteiger partial charge in [-0.25, -0.2) is 4.39 Å². The van der Waals surface area contributed by atoms with Crippen molar-refractivity contribution < 1.29 is 23.8 Å². The number of morpholine rings is 1. The Morgan fingerprint density at radius 1 is 1.38 bits per heavy atom. The van der Waals surface area contributed by atoms with Gasteiger partial charge in [0.2, 0.25) is 0 Å². The number of rotatable bonds is 4. The normalized spacial score (nSPS) is 18.2. The number of carbonyl (C=O) groups is 1. The topological polar surface area (TPSA) is 59.0 Å². The van der Waals surface area contributed by atoms with Crippen LogP contribution >= 0.6 is 0 Å². The first-order valence-corrected chi connectivity index (χ1v) is 6.99. The van der Waals surface area contributed by atoms with Crippen LogP contribution in [0.2, 0.25) is 0 Å². The van der Waals surface area contributed by atoms with Crippen molar-refractivity contribution in [2.75, 3.05) is 26.3 Å². The molecule has 0 aromatic heterocycles. The summed E-state index contributed by atoms with van der Waals surface area (Å²) in [5, 5.41) is 9.68. The second kappa shape index (κ2) is 6.87. The standard InChI is InChI=1S/C15H20FNO4/c1-10(18)13-4-3-12(16)9-14(13)21-11(2)15(19)17-5-7-20-8-6-17/h3-4,9-11,18H,5-8H2,1-2H3. The maximum Gasteiger partial charge on any atom is 0.263 e. The smallest absolute Gasteiger partial charge is 0.263 e. The molecule has 21 heavy (non-hydrogen) atoms. The summed E-state index contributed by atoms with van der Waals surface area (Å²) in [5.74, 6) is -0.446. The van der Waals surface area contributed by atoms with Crippen molar-refractivity contribution in [3.8, 4) is 5.75 Å². The molecule has 1 fully saturated rings. The van der Waals surface area contributed by atoms with Gasteiger partial charge < -0.3 is 19.5 Å². The van der Waals surface area contributed by atoms with Gasteiger partial charge in [-0.15, -0.1) is 0 Å². The predicted molar refractivity (Wildman–Crippen MR) is 74.5 cm³/mol. The Morgan fingerprint density at radius 3 is 2.67 bits per heavy atom. The highest BCUT2D eigenvalue weighted by Gasteiger charge is 2.25. The molecule has 1 aromatic rings. The Labute approximate surface area is 123 Å². The molecular formula is C15H20FNO4. The van der Waals surface area contributed by atoms with Crippen molar-refractivity contribution in [1.82, 2.24) is 4.90 Å². The van der Waals surface area contributed by atoms with Crippen LogP contribution in [0.3, 0.4) is 0 Å². The Bertz CT molecular complexity index is 500. The average Bonchev–Trinajstić information content (AvgIpc) is 2.47. The van der Waals surface area contributed by atoms with E-state index in [4.69, 9.17) is 9.47 Å². The molecule has 2 rings (SSSR count). The van der Waals surface area contributed by atoms with Crippen LogP contribution < -0.4 is 4.74 Å². The number of benzene rings is 1. The number of halogens is 1. The number of carbonyl (C=O) groups excluding carboxylic acids is 1. The van der Waals surface area contributed by atoms with E-state index in [1.165, 1.54) is 18.2 Å². The second-order valence-electron chi connectivity index (χ2n) is 5.06. The monoisotopic (exact) mass is 297 g/mol. The number of hydrogen-bond acceptors (Lipinski definition) is 4. The van der Waals surface area contributed by atoms with Gasteiger partial charge >= 0.3 is 0 Å². The molecule has 1 aromatic carbocycles. The number of hydrogen-bond donors (Lipinski definition) is 1. The van der Waals surface area contributed by atoms with Crippen molar-refractivity contribution in [3.05, 3.63) is 29.6 Å². The van der Waals surface area contributed by atoms with E-state index in [1.54, 1.807) is 18.7 Å². The lowest BCUT2D eigenvalue weighted by molar-refractivity contribution is -0.142. The fourth-order valence-corrected chi connectivity index (χ4v) is 2.24. The minimum absolute atomic E-state index is 0.167. The number of ether oxygens (including phenoxy) is 2. The lowest BCUT2D eigenvalue weighted by Gasteiger charge is -2.29. The van der Waals surface area contributed by atoms with Gasteiger partial charge in [-0.05, 0) is 26.0 Å². The van der Waals surface area contributed by atoms with E-state index in [2.05, 4.69) is 0 Å². The third-order valence-corrected chi connectivity index (χ3v) is 3.40. The van der Waals surface area contributed by atoms with E-state index in [0.29, 0.717) is 31.9 Å². The highest BCUT2D eigenvalue weighted by molar-refractivity contribution is 5.81. The number of aliphatic hydroxyl groups excluding tert-OH is 1. The van der Waals surface area contributed by atoms with Crippen LogP contribution in [0.25, 0.3) is 0 Å². The van der Waals surface area contributed by atoms with Gasteiger partial charge in [0.25, 0.3) is 5.91 Å². The number of amides is 1. The molecule has 0 aliphatic carbocycles. The molecule has 1 amide bonds. The molecule has 6 heteroatoms. The van der Waals surface area contributed by atoms with Crippen LogP contribution in [0, 0.1) is 5.82 Å². The Morgan fingerprint density at radius 2 is 2.05 bits per heavy atom. The maximum absolute atomic E-state index is 13.3. The molecule has 1 saturated heterocycles. The zero-order chi connectivity index (χ0) is 15.4. The van der Waals surface area contributed by atoms with Gasteiger partial charge in [0.15, 0.2) is 6.10 Å². The Hall–Kier alpha value is -1.66. The molecule has 5 nitrogen and oxygen atoms in total. The zero-order valence-electron chi connectivity index (χ0n) is 12.2. The molecule has 2 unspecified atom stereocenters. The Kier molecular flexibility index (Phi) is 5.14. The Balaban J connectivity index is 2.09. The summed E-state index contributed by atoms with van der Waals surface area (Å²) in [6.45, 7) is 5.26. The van der Waals surface area contributed by atoms with Gasteiger partial charge in [0.1, 0.15) is 11.6 Å². The van der Waals surface area contributed by atoms with Crippen LogP contribution in [0.15, 0.2) is 18.2 Å². The van der Waals surface area contributed by atoms with Crippen LogP contribution in [-0.4, -0.2) is 48.3 Å². The largest absolute Gasteiger partial charge is 0.480 e. The first-order chi connectivity index (χ1) is 9.99. The summed E-state index contributed by atoms with van der Waals surface area (Å²) in [7, 11) is 0. The summed E-state index contributed by atoms with van der Waals surface area (Å²) in [6.07, 6.45) is -1.55. The molecule has 0 radical (unpaired) electrons. The fourth-order valence-electron chi connectivity index (χ4n) is 2.24. The van der Waals surface area contributed by atoms with E-state index in [-0.39, 0.29) is 11.7 Å². The quantitative estimate of drug-likeness (QED) is 0.915. The van der Waals surface area contributed by atoms with Gasteiger partial charge in [-0.1, -0.05) is 0 Å². The van der Waals surface area contributed by atoms with Crippen LogP contribution in [0.1, 0.15) is 25.5 Å². The number of nitrogens with zero attached hydrogens (tertiary/aromatic N) is 1. The van der Waals surface area contributed by atoms with Crippen molar-refractivity contribution in [3.63, 3.8) is 0 Å². The van der Waals surface area contributed by atoms with Crippen molar-refractivity contribution in [2.45, 2.75) is 26.1 Å². The van der Waals surface area contributed by atoms with E-state index in [1.807, 2.05) is 0 Å². The second-order valence-corrected chi connectivity index (χ2v) is 5.06. The molecular weight excluding hydrogens is 277 g/mol. The van der Waals surface area contributed by atoms with Gasteiger partial charge in [0.05, 0.1) is 19.3 Å². The lowest BCUT2D eigenvalue weighted by Crippen LogP contribution is -2.46. The summed E-state index contributed by atoms with van der Waals surface area (Å²) in [6, 6.07) is 3.90. The molecule has 1 aliphatic rings. The van der Waals surface area contributed by atoms with Crippen molar-refractivity contribution in [1.29, 1.82) is 0 Å². The summed E-state index contributed by atoms with van der Waals surface area (Å²) in [4.78, 5) is 13.9. The van der Waals surface area contributed by atoms with Crippen LogP contribution in [-0.2, 0) is 9.53 Å². The first kappa shape index (κ1) is 15.7. The van der Waals surface area contributed by atoms with E-state index >= 15 is 0 Å². The molecule has 2 atom stereocenters. The molecule has 116 valence electrons. The molecule has 1 aliphatic heterocycles. The number of aliphatic hydroxyl groups is 1. The lowest BCUT2D eigenvalue weighted by atomic mass is 10.1. The molecule has 1 N–H and O–H groups in total. The predicted octanol–water partition coefficient (Wildman–Crippen LogP) is 1.51. The summed E-state index contributed by atoms with van der Waals surface area (Å²) >= 11 is 0. The summed E-state index contributed by atoms with van der Waals surface area (Å²) < 4.78 is 24.1. The highest BCUT2D eigenvalue weighted by Crippen LogP contribution is 2.27. The minimum Gasteiger partial charge on any atom is -0.480 e. The van der Waals surface area contributed by atoms with Gasteiger partial charge in [-0.3, -0.25) is 4.79 Å². The third kappa shape index (κ3) is 3.92. The third-order valence-electron chi connectivity index (χ3n) is 3.40. The highest BCUT2D eigenvalue weighted by atomic mass is 19.1. The molecule has 0 bridgehead atoms. The van der Waals surface area contributed by atoms with E-state index in [0.717, 1.165) is 0 Å². The van der Waals surface area contributed by atoms with E-state index < -0.39 is 18.0 Å². The minimum atomic E-state index is -0.800. The average molecular weight is 297 g/mol. The van der Waals surface area contributed by atoms with Gasteiger partial charge in [0, 0.05) is 24.7 Å². The first-order valence-electron chi connectivity index (χ1n) is 6.99.